The van der Waals surface area contributed by atoms with Gasteiger partial charge < -0.3 is 22.9 Å². The number of rotatable bonds is 2. The first-order valence-electron chi connectivity index (χ1n) is 2.63. The molecule has 4 nitrogen and oxygen atoms in total. The Morgan fingerprint density at radius 1 is 0.556 bits per heavy atom. The molecule has 0 rings (SSSR count). The molecule has 0 spiro atoms. The van der Waals surface area contributed by atoms with Gasteiger partial charge in [0, 0.05) is 26.2 Å². The fraction of sp³-hybridized carbons (Fsp3) is 1.00. The summed E-state index contributed by atoms with van der Waals surface area (Å²) < 4.78 is 0. The number of nitrogens with two attached hydrogens (primary N) is 4. The van der Waals surface area contributed by atoms with Gasteiger partial charge >= 0.3 is 16.8 Å². The Morgan fingerprint density at radius 2 is 0.667 bits per heavy atom. The minimum Gasteiger partial charge on any atom is -0.329 e. The van der Waals surface area contributed by atoms with E-state index in [4.69, 9.17) is 22.9 Å². The van der Waals surface area contributed by atoms with E-state index in [1.165, 1.54) is 0 Å². The first-order valence-corrected chi connectivity index (χ1v) is 2.63. The number of hydrogen-bond donors (Lipinski definition) is 4. The monoisotopic (exact) mass is 179 g/mol. The van der Waals surface area contributed by atoms with Crippen molar-refractivity contribution in [3.05, 3.63) is 0 Å². The van der Waals surface area contributed by atoms with E-state index in [0.29, 0.717) is 26.2 Å². The van der Waals surface area contributed by atoms with Crippen LogP contribution < -0.4 is 22.9 Å². The van der Waals surface area contributed by atoms with Crippen molar-refractivity contribution in [2.75, 3.05) is 26.2 Å². The van der Waals surface area contributed by atoms with Crippen molar-refractivity contribution >= 4 is 0 Å². The standard InChI is InChI=1S/2C2H8N2.Co/c2*3-1-2-4;/h2*1-4H2;/q;;+3. The van der Waals surface area contributed by atoms with Crippen LogP contribution in [0.15, 0.2) is 0 Å². The van der Waals surface area contributed by atoms with Crippen LogP contribution >= 0.6 is 0 Å². The molecule has 0 aliphatic carbocycles. The molecule has 58 valence electrons. The molecule has 0 aliphatic heterocycles. The summed E-state index contributed by atoms with van der Waals surface area (Å²) in [6.45, 7) is 2.39. The van der Waals surface area contributed by atoms with Crippen LogP contribution in [-0.4, -0.2) is 26.2 Å². The molecule has 9 heavy (non-hydrogen) atoms. The fourth-order valence-corrected chi connectivity index (χ4v) is 0. The summed E-state index contributed by atoms with van der Waals surface area (Å²) in [6, 6.07) is 0. The molecule has 0 saturated carbocycles. The van der Waals surface area contributed by atoms with E-state index in [2.05, 4.69) is 0 Å². The fourth-order valence-electron chi connectivity index (χ4n) is 0. The van der Waals surface area contributed by atoms with Gasteiger partial charge in [-0.3, -0.25) is 0 Å². The van der Waals surface area contributed by atoms with Crippen LogP contribution in [0.2, 0.25) is 0 Å². The third-order valence-corrected chi connectivity index (χ3v) is 0.333. The summed E-state index contributed by atoms with van der Waals surface area (Å²) in [4.78, 5) is 0. The molecule has 0 fully saturated rings. The molecule has 5 heteroatoms. The van der Waals surface area contributed by atoms with Gasteiger partial charge in [-0.15, -0.1) is 0 Å². The second kappa shape index (κ2) is 23.8. The molecule has 0 unspecified atom stereocenters. The zero-order valence-corrected chi connectivity index (χ0v) is 6.51. The quantitative estimate of drug-likeness (QED) is 0.386. The average molecular weight is 179 g/mol. The van der Waals surface area contributed by atoms with Crippen LogP contribution in [0.5, 0.6) is 0 Å². The minimum atomic E-state index is 0. The van der Waals surface area contributed by atoms with E-state index < -0.39 is 0 Å². The molecule has 0 saturated heterocycles. The van der Waals surface area contributed by atoms with Gasteiger partial charge in [0.25, 0.3) is 0 Å². The predicted octanol–water partition coefficient (Wildman–Crippen LogP) is -2.19. The van der Waals surface area contributed by atoms with Crippen LogP contribution in [-0.2, 0) is 16.8 Å². The van der Waals surface area contributed by atoms with E-state index >= 15 is 0 Å². The zero-order valence-electron chi connectivity index (χ0n) is 5.47. The molecule has 0 amide bonds. The molecule has 0 aromatic rings. The Morgan fingerprint density at radius 3 is 0.667 bits per heavy atom. The molecule has 0 atom stereocenters. The van der Waals surface area contributed by atoms with Gasteiger partial charge in [0.15, 0.2) is 0 Å². The summed E-state index contributed by atoms with van der Waals surface area (Å²) in [5.74, 6) is 0. The third-order valence-electron chi connectivity index (χ3n) is 0.333. The van der Waals surface area contributed by atoms with Crippen LogP contribution in [0, 0.1) is 0 Å². The summed E-state index contributed by atoms with van der Waals surface area (Å²) >= 11 is 0. The minimum absolute atomic E-state index is 0. The molecule has 0 bridgehead atoms. The molecular formula is C4H16CoN4+3. The Balaban J connectivity index is -0.0000000720. The zero-order chi connectivity index (χ0) is 6.83. The molecular weight excluding hydrogens is 163 g/mol. The van der Waals surface area contributed by atoms with Crippen molar-refractivity contribution < 1.29 is 16.8 Å². The summed E-state index contributed by atoms with van der Waals surface area (Å²) in [5.41, 5.74) is 19.6. The van der Waals surface area contributed by atoms with Gasteiger partial charge in [-0.25, -0.2) is 0 Å². The first kappa shape index (κ1) is 16.2. The molecule has 0 heterocycles. The van der Waals surface area contributed by atoms with Crippen molar-refractivity contribution in [2.24, 2.45) is 22.9 Å². The summed E-state index contributed by atoms with van der Waals surface area (Å²) in [6.07, 6.45) is 0. The van der Waals surface area contributed by atoms with Gasteiger partial charge in [0.1, 0.15) is 0 Å². The van der Waals surface area contributed by atoms with Crippen molar-refractivity contribution in [2.45, 2.75) is 0 Å². The Bertz CT molecular complexity index is 20.5. The average Bonchev–Trinajstić information content (AvgIpc) is 1.88. The third kappa shape index (κ3) is 61.1. The molecule has 0 aliphatic rings. The Hall–Kier alpha value is 0.346. The largest absolute Gasteiger partial charge is 3.00 e. The molecule has 0 aromatic carbocycles. The van der Waals surface area contributed by atoms with Crippen molar-refractivity contribution in [3.63, 3.8) is 0 Å². The van der Waals surface area contributed by atoms with E-state index in [0.717, 1.165) is 0 Å². The van der Waals surface area contributed by atoms with Crippen LogP contribution in [0.1, 0.15) is 0 Å². The predicted molar refractivity (Wildman–Crippen MR) is 36.2 cm³/mol. The van der Waals surface area contributed by atoms with Gasteiger partial charge in [0.2, 0.25) is 0 Å². The smallest absolute Gasteiger partial charge is 0.329 e. The van der Waals surface area contributed by atoms with Crippen molar-refractivity contribution in [1.29, 1.82) is 0 Å². The Labute approximate surface area is 66.5 Å². The Kier molecular flexibility index (Phi) is 42.8. The van der Waals surface area contributed by atoms with Crippen LogP contribution in [0.25, 0.3) is 0 Å². The van der Waals surface area contributed by atoms with Gasteiger partial charge in [0.05, 0.1) is 0 Å². The second-order valence-electron chi connectivity index (χ2n) is 1.15. The first-order chi connectivity index (χ1) is 3.83. The second-order valence-corrected chi connectivity index (χ2v) is 1.15. The maximum absolute atomic E-state index is 4.90. The topological polar surface area (TPSA) is 104 Å². The van der Waals surface area contributed by atoms with E-state index in [1.54, 1.807) is 0 Å². The van der Waals surface area contributed by atoms with Crippen molar-refractivity contribution in [1.82, 2.24) is 0 Å². The van der Waals surface area contributed by atoms with Crippen LogP contribution in [0.4, 0.5) is 0 Å². The van der Waals surface area contributed by atoms with Crippen LogP contribution in [0.3, 0.4) is 0 Å². The SMILES string of the molecule is NCCN.NCCN.[Co+3]. The maximum Gasteiger partial charge on any atom is 3.00 e. The van der Waals surface area contributed by atoms with E-state index in [-0.39, 0.29) is 16.8 Å². The van der Waals surface area contributed by atoms with E-state index in [9.17, 15) is 0 Å². The normalized spacial score (nSPS) is 6.67. The van der Waals surface area contributed by atoms with Gasteiger partial charge in [-0.2, -0.15) is 0 Å². The van der Waals surface area contributed by atoms with E-state index in [1.807, 2.05) is 0 Å². The van der Waals surface area contributed by atoms with Crippen molar-refractivity contribution in [3.8, 4) is 0 Å². The molecule has 0 aromatic heterocycles. The van der Waals surface area contributed by atoms with Gasteiger partial charge in [-0.1, -0.05) is 0 Å². The molecule has 8 N–H and O–H groups in total. The van der Waals surface area contributed by atoms with Gasteiger partial charge in [-0.05, 0) is 0 Å². The summed E-state index contributed by atoms with van der Waals surface area (Å²) in [5, 5.41) is 0. The number of hydrogen-bond acceptors (Lipinski definition) is 4. The molecule has 0 radical (unpaired) electrons. The maximum atomic E-state index is 4.90. The summed E-state index contributed by atoms with van der Waals surface area (Å²) in [7, 11) is 0.